The molecule has 1 aromatic carbocycles. The van der Waals surface area contributed by atoms with Gasteiger partial charge in [0.05, 0.1) is 15.5 Å². The molecule has 0 amide bonds. The summed E-state index contributed by atoms with van der Waals surface area (Å²) in [6, 6.07) is 5.83. The molecule has 6 heteroatoms. The lowest BCUT2D eigenvalue weighted by Crippen LogP contribution is -1.89. The lowest BCUT2D eigenvalue weighted by Gasteiger charge is -2.00. The van der Waals surface area contributed by atoms with Crippen molar-refractivity contribution in [3.8, 4) is 5.75 Å². The Balaban J connectivity index is 2.76. The Morgan fingerprint density at radius 2 is 2.13 bits per heavy atom. The zero-order valence-corrected chi connectivity index (χ0v) is 8.31. The van der Waals surface area contributed by atoms with Gasteiger partial charge >= 0.3 is 5.69 Å². The molecule has 5 nitrogen and oxygen atoms in total. The Kier molecular flexibility index (Phi) is 2.20. The molecule has 1 aromatic heterocycles. The minimum Gasteiger partial charge on any atom is -0.502 e. The summed E-state index contributed by atoms with van der Waals surface area (Å²) >= 11 is 4.03. The van der Waals surface area contributed by atoms with Crippen molar-refractivity contribution in [1.82, 2.24) is 4.98 Å². The number of fused-ring (bicyclic) bond motifs is 1. The second kappa shape index (κ2) is 3.39. The van der Waals surface area contributed by atoms with E-state index in [1.807, 2.05) is 0 Å². The maximum atomic E-state index is 10.5. The van der Waals surface area contributed by atoms with Crippen LogP contribution in [0.5, 0.6) is 5.75 Å². The number of phenols is 1. The average molecular weight is 222 g/mol. The predicted octanol–water partition coefficient (Wildman–Crippen LogP) is 2.14. The first-order valence-corrected chi connectivity index (χ1v) is 4.50. The quantitative estimate of drug-likeness (QED) is 0.440. The fourth-order valence-electron chi connectivity index (χ4n) is 1.28. The smallest absolute Gasteiger partial charge is 0.311 e. The summed E-state index contributed by atoms with van der Waals surface area (Å²) in [4.78, 5) is 13.9. The van der Waals surface area contributed by atoms with Gasteiger partial charge in [0.25, 0.3) is 0 Å². The first-order valence-electron chi connectivity index (χ1n) is 4.05. The van der Waals surface area contributed by atoms with E-state index in [0.29, 0.717) is 15.9 Å². The molecule has 0 spiro atoms. The molecule has 0 aliphatic heterocycles. The van der Waals surface area contributed by atoms with Crippen LogP contribution in [0.2, 0.25) is 0 Å². The van der Waals surface area contributed by atoms with Crippen LogP contribution >= 0.6 is 12.6 Å². The Morgan fingerprint density at radius 3 is 2.80 bits per heavy atom. The lowest BCUT2D eigenvalue weighted by molar-refractivity contribution is -0.385. The third-order valence-electron chi connectivity index (χ3n) is 1.97. The zero-order valence-electron chi connectivity index (χ0n) is 7.41. The molecule has 0 bridgehead atoms. The number of hydrogen-bond donors (Lipinski definition) is 2. The van der Waals surface area contributed by atoms with Crippen LogP contribution in [0.15, 0.2) is 29.3 Å². The largest absolute Gasteiger partial charge is 0.502 e. The molecule has 76 valence electrons. The molecule has 2 rings (SSSR count). The number of aromatic nitrogens is 1. The van der Waals surface area contributed by atoms with Crippen LogP contribution in [0.4, 0.5) is 5.69 Å². The van der Waals surface area contributed by atoms with Crippen molar-refractivity contribution in [3.63, 3.8) is 0 Å². The number of pyridine rings is 1. The van der Waals surface area contributed by atoms with E-state index in [1.165, 1.54) is 12.1 Å². The van der Waals surface area contributed by atoms with E-state index < -0.39 is 4.92 Å². The maximum absolute atomic E-state index is 10.5. The number of nitrogens with zero attached hydrogens (tertiary/aromatic N) is 2. The highest BCUT2D eigenvalue weighted by molar-refractivity contribution is 7.80. The van der Waals surface area contributed by atoms with E-state index >= 15 is 0 Å². The first kappa shape index (κ1) is 9.72. The van der Waals surface area contributed by atoms with E-state index in [-0.39, 0.29) is 11.4 Å². The number of nitro benzene ring substituents is 1. The number of rotatable bonds is 1. The summed E-state index contributed by atoms with van der Waals surface area (Å²) in [5.74, 6) is -0.390. The van der Waals surface area contributed by atoms with E-state index in [9.17, 15) is 15.2 Å². The average Bonchev–Trinajstić information content (AvgIpc) is 2.15. The van der Waals surface area contributed by atoms with E-state index in [2.05, 4.69) is 17.6 Å². The molecule has 0 atom stereocenters. The van der Waals surface area contributed by atoms with Gasteiger partial charge in [-0.2, -0.15) is 0 Å². The Bertz CT molecular complexity index is 556. The molecule has 2 aromatic rings. The number of aromatic hydroxyl groups is 1. The molecule has 15 heavy (non-hydrogen) atoms. The summed E-state index contributed by atoms with van der Waals surface area (Å²) < 4.78 is 0. The second-order valence-corrected chi connectivity index (χ2v) is 3.42. The lowest BCUT2D eigenvalue weighted by atomic mass is 10.2. The Labute approximate surface area is 89.9 Å². The molecule has 0 aliphatic carbocycles. The second-order valence-electron chi connectivity index (χ2n) is 2.96. The molecular formula is C9H6N2O3S. The minimum absolute atomic E-state index is 0.323. The topological polar surface area (TPSA) is 76.3 Å². The highest BCUT2D eigenvalue weighted by Crippen LogP contribution is 2.30. The third kappa shape index (κ3) is 1.71. The summed E-state index contributed by atoms with van der Waals surface area (Å²) in [5.41, 5.74) is 0.154. The van der Waals surface area contributed by atoms with Crippen molar-refractivity contribution in [2.24, 2.45) is 0 Å². The van der Waals surface area contributed by atoms with E-state index in [4.69, 9.17) is 0 Å². The normalized spacial score (nSPS) is 10.5. The van der Waals surface area contributed by atoms with Crippen LogP contribution in [-0.2, 0) is 0 Å². The molecule has 0 unspecified atom stereocenters. The summed E-state index contributed by atoms with van der Waals surface area (Å²) in [7, 11) is 0. The van der Waals surface area contributed by atoms with Gasteiger partial charge in [-0.15, -0.1) is 12.6 Å². The third-order valence-corrected chi connectivity index (χ3v) is 2.22. The summed E-state index contributed by atoms with van der Waals surface area (Å²) in [6.07, 6.45) is 0. The molecular weight excluding hydrogens is 216 g/mol. The van der Waals surface area contributed by atoms with Crippen LogP contribution in [0, 0.1) is 10.1 Å². The van der Waals surface area contributed by atoms with Crippen LogP contribution in [0.3, 0.4) is 0 Å². The molecule has 1 heterocycles. The predicted molar refractivity (Wildman–Crippen MR) is 57.3 cm³/mol. The SMILES string of the molecule is O=[N+]([O-])c1cc2ccc(S)nc2cc1O. The molecule has 0 aliphatic rings. The number of thiol groups is 1. The highest BCUT2D eigenvalue weighted by Gasteiger charge is 2.14. The molecule has 1 N–H and O–H groups in total. The van der Waals surface area contributed by atoms with Gasteiger partial charge in [-0.3, -0.25) is 10.1 Å². The van der Waals surface area contributed by atoms with Gasteiger partial charge in [-0.25, -0.2) is 4.98 Å². The van der Waals surface area contributed by atoms with E-state index in [0.717, 1.165) is 0 Å². The number of hydrogen-bond acceptors (Lipinski definition) is 5. The minimum atomic E-state index is -0.636. The highest BCUT2D eigenvalue weighted by atomic mass is 32.1. The Morgan fingerprint density at radius 1 is 1.40 bits per heavy atom. The van der Waals surface area contributed by atoms with Gasteiger partial charge in [-0.1, -0.05) is 0 Å². The molecule has 0 fully saturated rings. The zero-order chi connectivity index (χ0) is 11.0. The monoisotopic (exact) mass is 222 g/mol. The fraction of sp³-hybridized carbons (Fsp3) is 0. The van der Waals surface area contributed by atoms with Crippen molar-refractivity contribution in [1.29, 1.82) is 0 Å². The van der Waals surface area contributed by atoms with Gasteiger partial charge in [0.15, 0.2) is 5.75 Å². The van der Waals surface area contributed by atoms with Gasteiger partial charge in [0, 0.05) is 17.5 Å². The number of nitro groups is 1. The van der Waals surface area contributed by atoms with E-state index in [1.54, 1.807) is 12.1 Å². The number of phenolic OH excluding ortho intramolecular Hbond substituents is 1. The maximum Gasteiger partial charge on any atom is 0.311 e. The van der Waals surface area contributed by atoms with Crippen LogP contribution in [0.1, 0.15) is 0 Å². The van der Waals surface area contributed by atoms with Crippen molar-refractivity contribution in [2.45, 2.75) is 5.03 Å². The van der Waals surface area contributed by atoms with Crippen molar-refractivity contribution in [2.75, 3.05) is 0 Å². The van der Waals surface area contributed by atoms with Gasteiger partial charge in [0.1, 0.15) is 0 Å². The molecule has 0 saturated carbocycles. The first-order chi connectivity index (χ1) is 7.08. The fourth-order valence-corrected chi connectivity index (χ4v) is 1.47. The summed E-state index contributed by atoms with van der Waals surface area (Å²) in [5, 5.41) is 21.0. The van der Waals surface area contributed by atoms with Crippen LogP contribution in [0.25, 0.3) is 10.9 Å². The summed E-state index contributed by atoms with van der Waals surface area (Å²) in [6.45, 7) is 0. The van der Waals surface area contributed by atoms with Gasteiger partial charge < -0.3 is 5.11 Å². The van der Waals surface area contributed by atoms with Gasteiger partial charge in [-0.05, 0) is 12.1 Å². The van der Waals surface area contributed by atoms with Crippen molar-refractivity contribution >= 4 is 29.2 Å². The Hall–Kier alpha value is -1.82. The molecule has 0 saturated heterocycles. The van der Waals surface area contributed by atoms with Crippen LogP contribution in [-0.4, -0.2) is 15.0 Å². The molecule has 0 radical (unpaired) electrons. The van der Waals surface area contributed by atoms with Gasteiger partial charge in [0.2, 0.25) is 0 Å². The number of benzene rings is 1. The van der Waals surface area contributed by atoms with Crippen molar-refractivity contribution in [3.05, 3.63) is 34.4 Å². The van der Waals surface area contributed by atoms with Crippen LogP contribution < -0.4 is 0 Å². The standard InChI is InChI=1S/C9H6N2O3S/c12-8-4-6-5(1-2-9(15)10-6)3-7(8)11(13)14/h1-4,12H,(H,10,15). The van der Waals surface area contributed by atoms with Crippen molar-refractivity contribution < 1.29 is 10.0 Å².